The third-order valence-corrected chi connectivity index (χ3v) is 3.58. The van der Waals surface area contributed by atoms with Crippen molar-refractivity contribution >= 4 is 22.5 Å². The zero-order valence-electron chi connectivity index (χ0n) is 11.0. The van der Waals surface area contributed by atoms with Crippen molar-refractivity contribution in [3.8, 4) is 11.5 Å². The predicted molar refractivity (Wildman–Crippen MR) is 80.4 cm³/mol. The van der Waals surface area contributed by atoms with Gasteiger partial charge in [0, 0.05) is 17.5 Å². The molecule has 102 valence electrons. The Hall–Kier alpha value is -2.13. The van der Waals surface area contributed by atoms with E-state index in [9.17, 15) is 5.11 Å². The van der Waals surface area contributed by atoms with Crippen LogP contribution in [0.1, 0.15) is 5.69 Å². The monoisotopic (exact) mass is 287 g/mol. The van der Waals surface area contributed by atoms with E-state index in [0.717, 1.165) is 22.3 Å². The maximum atomic E-state index is 9.86. The van der Waals surface area contributed by atoms with E-state index in [-0.39, 0.29) is 5.75 Å². The molecule has 0 fully saturated rings. The number of aryl methyl sites for hydroxylation is 1. The fourth-order valence-electron chi connectivity index (χ4n) is 2.25. The second-order valence-corrected chi connectivity index (χ2v) is 5.09. The number of rotatable bonds is 3. The van der Waals surface area contributed by atoms with Crippen molar-refractivity contribution in [1.29, 1.82) is 0 Å². The van der Waals surface area contributed by atoms with E-state index in [2.05, 4.69) is 0 Å². The standard InChI is InChI=1S/C16H14ClNO2/c1-18-12(9-14-15(18)6-3-7-16(14)19)10-20-13-5-2-4-11(17)8-13/h2-9,19H,10H2,1H3. The first-order valence-electron chi connectivity index (χ1n) is 6.30. The summed E-state index contributed by atoms with van der Waals surface area (Å²) in [7, 11) is 1.96. The van der Waals surface area contributed by atoms with Crippen molar-refractivity contribution in [1.82, 2.24) is 4.57 Å². The van der Waals surface area contributed by atoms with Crippen molar-refractivity contribution in [2.75, 3.05) is 0 Å². The van der Waals surface area contributed by atoms with Gasteiger partial charge in [0.25, 0.3) is 0 Å². The van der Waals surface area contributed by atoms with Crippen LogP contribution in [-0.2, 0) is 13.7 Å². The molecule has 1 aromatic heterocycles. The SMILES string of the molecule is Cn1c(COc2cccc(Cl)c2)cc2c(O)cccc21. The van der Waals surface area contributed by atoms with Gasteiger partial charge < -0.3 is 14.4 Å². The average molecular weight is 288 g/mol. The van der Waals surface area contributed by atoms with Gasteiger partial charge in [-0.15, -0.1) is 0 Å². The molecule has 0 amide bonds. The van der Waals surface area contributed by atoms with E-state index in [1.165, 1.54) is 0 Å². The van der Waals surface area contributed by atoms with Crippen LogP contribution in [0.2, 0.25) is 5.02 Å². The van der Waals surface area contributed by atoms with Crippen LogP contribution in [0.4, 0.5) is 0 Å². The molecule has 0 bridgehead atoms. The van der Waals surface area contributed by atoms with Crippen LogP contribution < -0.4 is 4.74 Å². The Morgan fingerprint density at radius 2 is 1.95 bits per heavy atom. The fraction of sp³-hybridized carbons (Fsp3) is 0.125. The summed E-state index contributed by atoms with van der Waals surface area (Å²) in [6, 6.07) is 14.7. The second-order valence-electron chi connectivity index (χ2n) is 4.65. The summed E-state index contributed by atoms with van der Waals surface area (Å²) in [5.74, 6) is 1.01. The Labute approximate surface area is 122 Å². The van der Waals surface area contributed by atoms with Crippen LogP contribution in [0.15, 0.2) is 48.5 Å². The molecular weight excluding hydrogens is 274 g/mol. The number of aromatic nitrogens is 1. The first-order valence-corrected chi connectivity index (χ1v) is 6.67. The molecule has 0 aliphatic rings. The molecule has 0 atom stereocenters. The highest BCUT2D eigenvalue weighted by atomic mass is 35.5. The second kappa shape index (κ2) is 5.10. The average Bonchev–Trinajstić information content (AvgIpc) is 2.75. The van der Waals surface area contributed by atoms with Gasteiger partial charge in [0.2, 0.25) is 0 Å². The Bertz CT molecular complexity index is 764. The molecule has 2 aromatic carbocycles. The van der Waals surface area contributed by atoms with Crippen LogP contribution >= 0.6 is 11.6 Å². The number of hydrogen-bond donors (Lipinski definition) is 1. The van der Waals surface area contributed by atoms with Crippen molar-refractivity contribution in [2.24, 2.45) is 7.05 Å². The van der Waals surface area contributed by atoms with Crippen molar-refractivity contribution in [3.63, 3.8) is 0 Å². The zero-order valence-corrected chi connectivity index (χ0v) is 11.8. The molecule has 0 radical (unpaired) electrons. The molecule has 0 aliphatic heterocycles. The van der Waals surface area contributed by atoms with E-state index in [1.54, 1.807) is 12.1 Å². The Balaban J connectivity index is 1.88. The summed E-state index contributed by atoms with van der Waals surface area (Å²) in [6.45, 7) is 0.422. The number of ether oxygens (including phenoxy) is 1. The minimum atomic E-state index is 0.284. The Kier molecular flexibility index (Phi) is 3.28. The van der Waals surface area contributed by atoms with Crippen LogP contribution in [0, 0.1) is 0 Å². The van der Waals surface area contributed by atoms with Gasteiger partial charge in [0.1, 0.15) is 18.1 Å². The summed E-state index contributed by atoms with van der Waals surface area (Å²) in [4.78, 5) is 0. The number of nitrogens with zero attached hydrogens (tertiary/aromatic N) is 1. The number of fused-ring (bicyclic) bond motifs is 1. The van der Waals surface area contributed by atoms with Gasteiger partial charge >= 0.3 is 0 Å². The normalized spacial score (nSPS) is 10.9. The molecule has 0 saturated carbocycles. The molecule has 0 saturated heterocycles. The number of aromatic hydroxyl groups is 1. The number of benzene rings is 2. The molecule has 3 rings (SSSR count). The number of hydrogen-bond acceptors (Lipinski definition) is 2. The minimum absolute atomic E-state index is 0.284. The van der Waals surface area contributed by atoms with Gasteiger partial charge in [-0.2, -0.15) is 0 Å². The summed E-state index contributed by atoms with van der Waals surface area (Å²) in [5, 5.41) is 11.3. The molecule has 0 spiro atoms. The Morgan fingerprint density at radius 1 is 1.15 bits per heavy atom. The van der Waals surface area contributed by atoms with Gasteiger partial charge in [-0.1, -0.05) is 23.7 Å². The molecule has 20 heavy (non-hydrogen) atoms. The highest BCUT2D eigenvalue weighted by Gasteiger charge is 2.09. The van der Waals surface area contributed by atoms with Crippen LogP contribution in [-0.4, -0.2) is 9.67 Å². The number of phenols is 1. The van der Waals surface area contributed by atoms with E-state index >= 15 is 0 Å². The van der Waals surface area contributed by atoms with Crippen LogP contribution in [0.5, 0.6) is 11.5 Å². The predicted octanol–water partition coefficient (Wildman–Crippen LogP) is 4.12. The summed E-state index contributed by atoms with van der Waals surface area (Å²) in [6.07, 6.45) is 0. The van der Waals surface area contributed by atoms with Gasteiger partial charge in [0.05, 0.1) is 11.2 Å². The van der Waals surface area contributed by atoms with E-state index < -0.39 is 0 Å². The van der Waals surface area contributed by atoms with Gasteiger partial charge in [-0.3, -0.25) is 0 Å². The lowest BCUT2D eigenvalue weighted by molar-refractivity contribution is 0.298. The van der Waals surface area contributed by atoms with E-state index in [0.29, 0.717) is 11.6 Å². The Morgan fingerprint density at radius 3 is 2.70 bits per heavy atom. The lowest BCUT2D eigenvalue weighted by atomic mass is 10.2. The van der Waals surface area contributed by atoms with Gasteiger partial charge in [-0.05, 0) is 36.4 Å². The molecule has 0 aliphatic carbocycles. The largest absolute Gasteiger partial charge is 0.507 e. The third kappa shape index (κ3) is 2.32. The van der Waals surface area contributed by atoms with E-state index in [1.807, 2.05) is 48.0 Å². The lowest BCUT2D eigenvalue weighted by Gasteiger charge is -2.07. The molecule has 3 aromatic rings. The van der Waals surface area contributed by atoms with Crippen molar-refractivity contribution in [2.45, 2.75) is 6.61 Å². The highest BCUT2D eigenvalue weighted by Crippen LogP contribution is 2.28. The van der Waals surface area contributed by atoms with Gasteiger partial charge in [0.15, 0.2) is 0 Å². The molecule has 1 N–H and O–H groups in total. The quantitative estimate of drug-likeness (QED) is 0.786. The third-order valence-electron chi connectivity index (χ3n) is 3.35. The summed E-state index contributed by atoms with van der Waals surface area (Å²) in [5.41, 5.74) is 1.97. The number of halogens is 1. The highest BCUT2D eigenvalue weighted by molar-refractivity contribution is 6.30. The minimum Gasteiger partial charge on any atom is -0.507 e. The molecule has 1 heterocycles. The molecule has 4 heteroatoms. The first-order chi connectivity index (χ1) is 9.65. The van der Waals surface area contributed by atoms with Crippen molar-refractivity contribution in [3.05, 3.63) is 59.2 Å². The molecule has 0 unspecified atom stereocenters. The molecule has 3 nitrogen and oxygen atoms in total. The summed E-state index contributed by atoms with van der Waals surface area (Å²) < 4.78 is 7.75. The van der Waals surface area contributed by atoms with Gasteiger partial charge in [-0.25, -0.2) is 0 Å². The lowest BCUT2D eigenvalue weighted by Crippen LogP contribution is -2.01. The van der Waals surface area contributed by atoms with Crippen LogP contribution in [0.3, 0.4) is 0 Å². The maximum absolute atomic E-state index is 9.86. The maximum Gasteiger partial charge on any atom is 0.128 e. The zero-order chi connectivity index (χ0) is 14.1. The number of phenolic OH excluding ortho intramolecular Hbond substituents is 1. The van der Waals surface area contributed by atoms with Crippen LogP contribution in [0.25, 0.3) is 10.9 Å². The first kappa shape index (κ1) is 12.9. The van der Waals surface area contributed by atoms with Crippen molar-refractivity contribution < 1.29 is 9.84 Å². The smallest absolute Gasteiger partial charge is 0.128 e. The fourth-order valence-corrected chi connectivity index (χ4v) is 2.43. The topological polar surface area (TPSA) is 34.4 Å². The van der Waals surface area contributed by atoms with E-state index in [4.69, 9.17) is 16.3 Å². The summed E-state index contributed by atoms with van der Waals surface area (Å²) >= 11 is 5.92. The molecular formula is C16H14ClNO2.